The topological polar surface area (TPSA) is 70.3 Å². The van der Waals surface area contributed by atoms with E-state index in [0.717, 1.165) is 40.6 Å². The normalized spacial score (nSPS) is 12.6. The quantitative estimate of drug-likeness (QED) is 0.535. The lowest BCUT2D eigenvalue weighted by molar-refractivity contribution is 0.610. The second-order valence-corrected chi connectivity index (χ2v) is 9.08. The number of aryl methyl sites for hydroxylation is 2. The van der Waals surface area contributed by atoms with E-state index in [-0.39, 0.29) is 5.49 Å². The number of fused-ring (bicyclic) bond motifs is 1. The highest BCUT2D eigenvalue weighted by atomic mass is 79.9. The molecule has 1 atom stereocenters. The van der Waals surface area contributed by atoms with Crippen LogP contribution in [0.3, 0.4) is 0 Å². The Labute approximate surface area is 163 Å². The molecule has 0 fully saturated rings. The maximum absolute atomic E-state index is 8.03. The molecule has 3 rings (SSSR count). The van der Waals surface area contributed by atoms with Gasteiger partial charge in [-0.3, -0.25) is 5.41 Å². The summed E-state index contributed by atoms with van der Waals surface area (Å²) in [6.07, 6.45) is 3.79. The lowest BCUT2D eigenvalue weighted by atomic mass is 10.2. The molecule has 0 aliphatic heterocycles. The fourth-order valence-corrected chi connectivity index (χ4v) is 4.21. The van der Waals surface area contributed by atoms with Crippen LogP contribution < -0.4 is 5.49 Å². The first-order chi connectivity index (χ1) is 11.9. The number of hydrogen-bond acceptors (Lipinski definition) is 4. The van der Waals surface area contributed by atoms with E-state index in [9.17, 15) is 0 Å². The number of hydrogen-bond donors (Lipinski definition) is 2. The second-order valence-electron chi connectivity index (χ2n) is 6.02. The highest BCUT2D eigenvalue weighted by Gasteiger charge is 2.11. The minimum Gasteiger partial charge on any atom is -0.328 e. The highest BCUT2D eigenvalue weighted by molar-refractivity contribution is 9.09. The summed E-state index contributed by atoms with van der Waals surface area (Å²) in [5, 5.41) is 9.48. The molecule has 2 N–H and O–H groups in total. The lowest BCUT2D eigenvalue weighted by Crippen LogP contribution is -2.13. The van der Waals surface area contributed by atoms with E-state index in [4.69, 9.17) is 17.0 Å². The molecule has 2 heterocycles. The van der Waals surface area contributed by atoms with Gasteiger partial charge in [0.2, 0.25) is 0 Å². The number of nitrogens with one attached hydrogen (secondary N) is 2. The number of aromatic amines is 1. The van der Waals surface area contributed by atoms with Crippen molar-refractivity contribution >= 4 is 50.5 Å². The summed E-state index contributed by atoms with van der Waals surface area (Å²) in [5.74, 6) is 0. The molecule has 0 saturated carbocycles. The molecular formula is C17H19BrClN5S. The summed E-state index contributed by atoms with van der Waals surface area (Å²) in [5.41, 5.74) is 2.74. The maximum atomic E-state index is 8.03. The van der Waals surface area contributed by atoms with Crippen molar-refractivity contribution in [1.82, 2.24) is 19.5 Å². The third-order valence-corrected chi connectivity index (χ3v) is 5.26. The van der Waals surface area contributed by atoms with Crippen LogP contribution in [0.1, 0.15) is 25.3 Å². The largest absolute Gasteiger partial charge is 0.328 e. The number of aromatic nitrogens is 4. The Kier molecular flexibility index (Phi) is 5.86. The minimum absolute atomic E-state index is 0.210. The van der Waals surface area contributed by atoms with E-state index < -0.39 is 0 Å². The zero-order valence-corrected chi connectivity index (χ0v) is 17.2. The van der Waals surface area contributed by atoms with E-state index in [0.29, 0.717) is 15.4 Å². The minimum atomic E-state index is 0.210. The SMILES string of the molecule is Cc1cc(Cl)cc(Sc2nc3c([nH]2)c(=N)ncn3CCCC(C)Br)c1. The molecule has 0 spiro atoms. The number of H-pyrrole nitrogens is 1. The van der Waals surface area contributed by atoms with Gasteiger partial charge in [-0.05, 0) is 43.5 Å². The number of alkyl halides is 1. The Balaban J connectivity index is 1.90. The van der Waals surface area contributed by atoms with Gasteiger partial charge in [-0.15, -0.1) is 0 Å². The molecule has 25 heavy (non-hydrogen) atoms. The molecule has 0 aliphatic carbocycles. The summed E-state index contributed by atoms with van der Waals surface area (Å²) in [6, 6.07) is 5.90. The van der Waals surface area contributed by atoms with Crippen molar-refractivity contribution in [3.8, 4) is 0 Å². The third kappa shape index (κ3) is 4.65. The molecule has 0 aliphatic rings. The van der Waals surface area contributed by atoms with E-state index >= 15 is 0 Å². The van der Waals surface area contributed by atoms with Gasteiger partial charge in [-0.1, -0.05) is 46.2 Å². The molecule has 0 amide bonds. The van der Waals surface area contributed by atoms with Gasteiger partial charge in [0.1, 0.15) is 5.52 Å². The number of imidazole rings is 1. The molecule has 1 unspecified atom stereocenters. The van der Waals surface area contributed by atoms with E-state index in [1.165, 1.54) is 11.8 Å². The van der Waals surface area contributed by atoms with Crippen LogP contribution in [-0.2, 0) is 6.54 Å². The van der Waals surface area contributed by atoms with Crippen LogP contribution in [0.4, 0.5) is 0 Å². The Morgan fingerprint density at radius 2 is 2.20 bits per heavy atom. The first-order valence-electron chi connectivity index (χ1n) is 8.01. The van der Waals surface area contributed by atoms with Gasteiger partial charge in [-0.2, -0.15) is 0 Å². The predicted molar refractivity (Wildman–Crippen MR) is 106 cm³/mol. The van der Waals surface area contributed by atoms with Gasteiger partial charge >= 0.3 is 0 Å². The summed E-state index contributed by atoms with van der Waals surface area (Å²) < 4.78 is 2.01. The van der Waals surface area contributed by atoms with E-state index in [2.05, 4.69) is 43.9 Å². The van der Waals surface area contributed by atoms with Gasteiger partial charge in [0.15, 0.2) is 16.3 Å². The standard InChI is InChI=1S/C17H19BrClN5S/c1-10-6-12(19)8-13(7-10)25-17-22-14-15(20)21-9-24(16(14)23-17)5-3-4-11(2)18/h6-9,11,20H,3-5H2,1-2H3,(H,22,23). The fourth-order valence-electron chi connectivity index (χ4n) is 2.59. The van der Waals surface area contributed by atoms with Crippen LogP contribution in [0.2, 0.25) is 5.02 Å². The fraction of sp³-hybridized carbons (Fsp3) is 0.353. The average molecular weight is 441 g/mol. The smallest absolute Gasteiger partial charge is 0.173 e. The molecule has 8 heteroatoms. The first kappa shape index (κ1) is 18.5. The third-order valence-electron chi connectivity index (χ3n) is 3.73. The van der Waals surface area contributed by atoms with Crippen molar-refractivity contribution in [2.75, 3.05) is 0 Å². The molecular weight excluding hydrogens is 422 g/mol. The second kappa shape index (κ2) is 7.93. The lowest BCUT2D eigenvalue weighted by Gasteiger charge is -2.07. The van der Waals surface area contributed by atoms with Crippen molar-refractivity contribution in [2.24, 2.45) is 0 Å². The van der Waals surface area contributed by atoms with Crippen molar-refractivity contribution in [3.05, 3.63) is 40.6 Å². The first-order valence-corrected chi connectivity index (χ1v) is 10.1. The van der Waals surface area contributed by atoms with Crippen molar-refractivity contribution in [1.29, 1.82) is 5.41 Å². The zero-order chi connectivity index (χ0) is 18.0. The number of benzene rings is 1. The Bertz CT molecular complexity index is 930. The molecule has 0 bridgehead atoms. The monoisotopic (exact) mass is 439 g/mol. The van der Waals surface area contributed by atoms with Crippen LogP contribution in [0, 0.1) is 12.3 Å². The van der Waals surface area contributed by atoms with Gasteiger partial charge < -0.3 is 9.55 Å². The predicted octanol–water partition coefficient (Wildman–Crippen LogP) is 4.92. The van der Waals surface area contributed by atoms with Crippen LogP contribution in [0.5, 0.6) is 0 Å². The Hall–Kier alpha value is -1.31. The summed E-state index contributed by atoms with van der Waals surface area (Å²) in [6.45, 7) is 4.98. The Morgan fingerprint density at radius 3 is 2.92 bits per heavy atom. The van der Waals surface area contributed by atoms with Crippen LogP contribution in [0.15, 0.2) is 34.6 Å². The van der Waals surface area contributed by atoms with E-state index in [1.54, 1.807) is 6.33 Å². The number of nitrogens with zero attached hydrogens (tertiary/aromatic N) is 3. The van der Waals surface area contributed by atoms with Crippen LogP contribution in [-0.4, -0.2) is 24.3 Å². The van der Waals surface area contributed by atoms with Crippen molar-refractivity contribution in [2.45, 2.75) is 48.1 Å². The van der Waals surface area contributed by atoms with E-state index in [1.807, 2.05) is 23.6 Å². The maximum Gasteiger partial charge on any atom is 0.173 e. The van der Waals surface area contributed by atoms with Gasteiger partial charge in [0, 0.05) is 21.3 Å². The number of rotatable bonds is 6. The van der Waals surface area contributed by atoms with Crippen LogP contribution in [0.25, 0.3) is 11.2 Å². The van der Waals surface area contributed by atoms with Crippen molar-refractivity contribution < 1.29 is 0 Å². The van der Waals surface area contributed by atoms with Gasteiger partial charge in [0.25, 0.3) is 0 Å². The molecule has 0 saturated heterocycles. The average Bonchev–Trinajstić information content (AvgIpc) is 2.93. The summed E-state index contributed by atoms with van der Waals surface area (Å²) in [4.78, 5) is 13.6. The number of halogens is 2. The highest BCUT2D eigenvalue weighted by Crippen LogP contribution is 2.29. The molecule has 3 aromatic rings. The van der Waals surface area contributed by atoms with Gasteiger partial charge in [0.05, 0.1) is 6.33 Å². The molecule has 1 aromatic carbocycles. The molecule has 0 radical (unpaired) electrons. The van der Waals surface area contributed by atoms with Crippen molar-refractivity contribution in [3.63, 3.8) is 0 Å². The van der Waals surface area contributed by atoms with Gasteiger partial charge in [-0.25, -0.2) is 9.97 Å². The molecule has 2 aromatic heterocycles. The van der Waals surface area contributed by atoms with Crippen LogP contribution >= 0.6 is 39.3 Å². The summed E-state index contributed by atoms with van der Waals surface area (Å²) >= 11 is 11.2. The summed E-state index contributed by atoms with van der Waals surface area (Å²) in [7, 11) is 0. The Morgan fingerprint density at radius 1 is 1.40 bits per heavy atom. The molecule has 132 valence electrons. The molecule has 5 nitrogen and oxygen atoms in total. The zero-order valence-electron chi connectivity index (χ0n) is 14.0.